The van der Waals surface area contributed by atoms with Crippen LogP contribution >= 0.6 is 0 Å². The number of anilines is 1. The molecule has 0 saturated heterocycles. The number of carbonyl (C=O) groups is 1. The van der Waals surface area contributed by atoms with E-state index in [2.05, 4.69) is 0 Å². The summed E-state index contributed by atoms with van der Waals surface area (Å²) < 4.78 is 0. The molecule has 0 aliphatic rings. The Morgan fingerprint density at radius 3 is 2.53 bits per heavy atom. The topological polar surface area (TPSA) is 83.7 Å². The van der Waals surface area contributed by atoms with Gasteiger partial charge in [0.15, 0.2) is 0 Å². The van der Waals surface area contributed by atoms with Crippen molar-refractivity contribution in [3.63, 3.8) is 0 Å². The Labute approximate surface area is 111 Å². The zero-order chi connectivity index (χ0) is 14.6. The quantitative estimate of drug-likeness (QED) is 0.631. The van der Waals surface area contributed by atoms with Gasteiger partial charge in [0.05, 0.1) is 4.92 Å². The zero-order valence-corrected chi connectivity index (χ0v) is 11.3. The molecule has 0 spiro atoms. The van der Waals surface area contributed by atoms with E-state index in [1.54, 1.807) is 17.9 Å². The van der Waals surface area contributed by atoms with Crippen molar-refractivity contribution in [2.24, 2.45) is 5.92 Å². The average molecular weight is 266 g/mol. The molecule has 0 aromatic heterocycles. The van der Waals surface area contributed by atoms with Gasteiger partial charge < -0.3 is 10.0 Å². The Morgan fingerprint density at radius 2 is 2.05 bits per heavy atom. The Morgan fingerprint density at radius 1 is 1.42 bits per heavy atom. The SMILES string of the molecule is Cc1cc(N(CC(=O)O)CC(C)C)cc([N+](=O)[O-])c1. The fraction of sp³-hybridized carbons (Fsp3) is 0.462. The van der Waals surface area contributed by atoms with E-state index >= 15 is 0 Å². The first kappa shape index (κ1) is 14.9. The summed E-state index contributed by atoms with van der Waals surface area (Å²) in [5.74, 6) is -0.691. The maximum absolute atomic E-state index is 10.9. The number of carboxylic acid groups (broad SMARTS) is 1. The van der Waals surface area contributed by atoms with E-state index in [0.29, 0.717) is 12.2 Å². The number of hydrogen-bond donors (Lipinski definition) is 1. The van der Waals surface area contributed by atoms with Crippen molar-refractivity contribution in [3.8, 4) is 0 Å². The summed E-state index contributed by atoms with van der Waals surface area (Å²) in [6, 6.07) is 4.65. The molecule has 0 aliphatic carbocycles. The van der Waals surface area contributed by atoms with Crippen molar-refractivity contribution in [1.29, 1.82) is 0 Å². The van der Waals surface area contributed by atoms with E-state index in [-0.39, 0.29) is 18.2 Å². The number of aliphatic carboxylic acids is 1. The molecule has 0 unspecified atom stereocenters. The van der Waals surface area contributed by atoms with E-state index in [0.717, 1.165) is 5.56 Å². The molecule has 1 aromatic rings. The van der Waals surface area contributed by atoms with Crippen molar-refractivity contribution in [2.45, 2.75) is 20.8 Å². The molecule has 19 heavy (non-hydrogen) atoms. The molecule has 0 fully saturated rings. The number of nitrogens with zero attached hydrogens (tertiary/aromatic N) is 2. The highest BCUT2D eigenvalue weighted by Gasteiger charge is 2.16. The number of benzene rings is 1. The maximum atomic E-state index is 10.9. The number of carboxylic acids is 1. The third-order valence-electron chi connectivity index (χ3n) is 2.53. The lowest BCUT2D eigenvalue weighted by molar-refractivity contribution is -0.384. The Bertz CT molecular complexity index is 486. The molecule has 0 heterocycles. The number of nitro benzene ring substituents is 1. The number of hydrogen-bond acceptors (Lipinski definition) is 4. The average Bonchev–Trinajstić information content (AvgIpc) is 2.25. The van der Waals surface area contributed by atoms with Gasteiger partial charge in [0.2, 0.25) is 0 Å². The van der Waals surface area contributed by atoms with Crippen LogP contribution in [0.25, 0.3) is 0 Å². The number of non-ortho nitro benzene ring substituents is 1. The summed E-state index contributed by atoms with van der Waals surface area (Å²) in [7, 11) is 0. The van der Waals surface area contributed by atoms with Crippen LogP contribution in [0.1, 0.15) is 19.4 Å². The number of rotatable bonds is 6. The third kappa shape index (κ3) is 4.57. The van der Waals surface area contributed by atoms with Gasteiger partial charge in [-0.3, -0.25) is 14.9 Å². The molecule has 1 N–H and O–H groups in total. The third-order valence-corrected chi connectivity index (χ3v) is 2.53. The van der Waals surface area contributed by atoms with Crippen LogP contribution in [-0.2, 0) is 4.79 Å². The Balaban J connectivity index is 3.13. The zero-order valence-electron chi connectivity index (χ0n) is 11.3. The minimum atomic E-state index is -0.954. The van der Waals surface area contributed by atoms with Crippen LogP contribution in [0.2, 0.25) is 0 Å². The Hall–Kier alpha value is -2.11. The summed E-state index contributed by atoms with van der Waals surface area (Å²) >= 11 is 0. The molecule has 0 bridgehead atoms. The molecule has 6 heteroatoms. The highest BCUT2D eigenvalue weighted by molar-refractivity contribution is 5.74. The van der Waals surface area contributed by atoms with Crippen molar-refractivity contribution in [1.82, 2.24) is 0 Å². The smallest absolute Gasteiger partial charge is 0.323 e. The predicted octanol–water partition coefficient (Wildman–Crippen LogP) is 2.45. The largest absolute Gasteiger partial charge is 0.480 e. The molecule has 6 nitrogen and oxygen atoms in total. The highest BCUT2D eigenvalue weighted by atomic mass is 16.6. The van der Waals surface area contributed by atoms with E-state index in [4.69, 9.17) is 5.11 Å². The van der Waals surface area contributed by atoms with Crippen LogP contribution in [0.3, 0.4) is 0 Å². The molecule has 0 atom stereocenters. The molecule has 0 saturated carbocycles. The van der Waals surface area contributed by atoms with Gasteiger partial charge in [-0.05, 0) is 24.5 Å². The van der Waals surface area contributed by atoms with Gasteiger partial charge in [0, 0.05) is 24.4 Å². The van der Waals surface area contributed by atoms with Crippen LogP contribution in [0.4, 0.5) is 11.4 Å². The molecule has 1 aromatic carbocycles. The van der Waals surface area contributed by atoms with Gasteiger partial charge in [0.25, 0.3) is 5.69 Å². The molecular formula is C13H18N2O4. The standard InChI is InChI=1S/C13H18N2O4/c1-9(2)7-14(8-13(16)17)11-4-10(3)5-12(6-11)15(18)19/h4-6,9H,7-8H2,1-3H3,(H,16,17). The summed E-state index contributed by atoms with van der Waals surface area (Å²) in [4.78, 5) is 22.9. The van der Waals surface area contributed by atoms with Crippen molar-refractivity contribution >= 4 is 17.3 Å². The summed E-state index contributed by atoms with van der Waals surface area (Å²) in [6.45, 7) is 6.06. The second-order valence-electron chi connectivity index (χ2n) is 4.95. The predicted molar refractivity (Wildman–Crippen MR) is 72.5 cm³/mol. The first-order valence-electron chi connectivity index (χ1n) is 6.02. The van der Waals surface area contributed by atoms with Crippen molar-refractivity contribution in [2.75, 3.05) is 18.0 Å². The van der Waals surface area contributed by atoms with E-state index < -0.39 is 10.9 Å². The lowest BCUT2D eigenvalue weighted by atomic mass is 10.1. The molecular weight excluding hydrogens is 248 g/mol. The minimum Gasteiger partial charge on any atom is -0.480 e. The normalized spacial score (nSPS) is 10.5. The van der Waals surface area contributed by atoms with Gasteiger partial charge in [0.1, 0.15) is 6.54 Å². The second kappa shape index (κ2) is 6.17. The fourth-order valence-corrected chi connectivity index (χ4v) is 1.90. The van der Waals surface area contributed by atoms with Crippen molar-refractivity contribution < 1.29 is 14.8 Å². The molecule has 0 amide bonds. The van der Waals surface area contributed by atoms with Crippen molar-refractivity contribution in [3.05, 3.63) is 33.9 Å². The van der Waals surface area contributed by atoms with E-state index in [1.165, 1.54) is 12.1 Å². The van der Waals surface area contributed by atoms with Gasteiger partial charge in [-0.15, -0.1) is 0 Å². The number of aryl methyl sites for hydroxylation is 1. The monoisotopic (exact) mass is 266 g/mol. The van der Waals surface area contributed by atoms with Crippen LogP contribution < -0.4 is 4.90 Å². The molecule has 104 valence electrons. The van der Waals surface area contributed by atoms with Crippen LogP contribution in [-0.4, -0.2) is 29.1 Å². The first-order chi connectivity index (χ1) is 8.79. The molecule has 0 aliphatic heterocycles. The number of nitro groups is 1. The van der Waals surface area contributed by atoms with Crippen LogP contribution in [0, 0.1) is 23.0 Å². The molecule has 0 radical (unpaired) electrons. The summed E-state index contributed by atoms with van der Waals surface area (Å²) in [5.41, 5.74) is 1.29. The summed E-state index contributed by atoms with van der Waals surface area (Å²) in [6.07, 6.45) is 0. The van der Waals surface area contributed by atoms with Gasteiger partial charge in [-0.2, -0.15) is 0 Å². The lowest BCUT2D eigenvalue weighted by Crippen LogP contribution is -2.33. The lowest BCUT2D eigenvalue weighted by Gasteiger charge is -2.25. The van der Waals surface area contributed by atoms with Gasteiger partial charge >= 0.3 is 5.97 Å². The van der Waals surface area contributed by atoms with Crippen LogP contribution in [0.15, 0.2) is 18.2 Å². The first-order valence-corrected chi connectivity index (χ1v) is 6.02. The molecule has 1 rings (SSSR count). The Kier molecular flexibility index (Phi) is 4.86. The van der Waals surface area contributed by atoms with E-state index in [9.17, 15) is 14.9 Å². The summed E-state index contributed by atoms with van der Waals surface area (Å²) in [5, 5.41) is 19.8. The van der Waals surface area contributed by atoms with Crippen LogP contribution in [0.5, 0.6) is 0 Å². The second-order valence-corrected chi connectivity index (χ2v) is 4.95. The van der Waals surface area contributed by atoms with Gasteiger partial charge in [-0.25, -0.2) is 0 Å². The van der Waals surface area contributed by atoms with Gasteiger partial charge in [-0.1, -0.05) is 13.8 Å². The fourth-order valence-electron chi connectivity index (χ4n) is 1.90. The van der Waals surface area contributed by atoms with E-state index in [1.807, 2.05) is 13.8 Å². The highest BCUT2D eigenvalue weighted by Crippen LogP contribution is 2.24. The maximum Gasteiger partial charge on any atom is 0.323 e. The minimum absolute atomic E-state index is 0.0193.